The molecule has 0 radical (unpaired) electrons. The molecule has 0 saturated heterocycles. The van der Waals surface area contributed by atoms with Crippen LogP contribution in [0.25, 0.3) is 17.1 Å². The van der Waals surface area contributed by atoms with Gasteiger partial charge in [0.15, 0.2) is 10.4 Å². The highest BCUT2D eigenvalue weighted by molar-refractivity contribution is 9.10. The fourth-order valence-corrected chi connectivity index (χ4v) is 2.30. The van der Waals surface area contributed by atoms with E-state index in [4.69, 9.17) is 10.2 Å². The van der Waals surface area contributed by atoms with Gasteiger partial charge >= 0.3 is 0 Å². The monoisotopic (exact) mass is 355 g/mol. The van der Waals surface area contributed by atoms with Crippen molar-refractivity contribution >= 4 is 43.3 Å². The maximum atomic E-state index is 6.05. The smallest absolute Gasteiger partial charge is 0.169 e. The number of halogens is 2. The molecular weight excluding hydrogens is 350 g/mol. The molecule has 3 rings (SSSR count). The number of hydrogen-bond donors (Lipinski definition) is 1. The summed E-state index contributed by atoms with van der Waals surface area (Å²) in [5.41, 5.74) is 7.49. The van der Waals surface area contributed by atoms with Gasteiger partial charge in [-0.05, 0) is 56.1 Å². The number of nitrogen functional groups attached to an aromatic ring is 1. The van der Waals surface area contributed by atoms with Crippen LogP contribution in [0.5, 0.6) is 0 Å². The van der Waals surface area contributed by atoms with Crippen molar-refractivity contribution in [3.8, 4) is 11.5 Å². The van der Waals surface area contributed by atoms with Crippen LogP contribution in [0.2, 0.25) is 0 Å². The molecule has 4 nitrogen and oxygen atoms in total. The summed E-state index contributed by atoms with van der Waals surface area (Å²) in [6.45, 7) is 0. The van der Waals surface area contributed by atoms with E-state index in [1.54, 1.807) is 0 Å². The Labute approximate surface area is 114 Å². The van der Waals surface area contributed by atoms with Crippen LogP contribution in [0.1, 0.15) is 0 Å². The molecule has 6 heteroatoms. The summed E-state index contributed by atoms with van der Waals surface area (Å²) in [6, 6.07) is 7.46. The summed E-state index contributed by atoms with van der Waals surface area (Å²) in [6.07, 6.45) is 1.87. The van der Waals surface area contributed by atoms with E-state index in [0.717, 1.165) is 10.1 Å². The molecule has 17 heavy (non-hydrogen) atoms. The van der Waals surface area contributed by atoms with E-state index in [1.807, 2.05) is 34.9 Å². The largest absolute Gasteiger partial charge is 0.448 e. The Morgan fingerprint density at radius 3 is 2.71 bits per heavy atom. The molecule has 3 aromatic heterocycles. The number of nitrogens with two attached hydrogens (primary N) is 1. The maximum absolute atomic E-state index is 6.05. The third-order valence-electron chi connectivity index (χ3n) is 2.43. The Kier molecular flexibility index (Phi) is 2.48. The highest BCUT2D eigenvalue weighted by Crippen LogP contribution is 2.30. The van der Waals surface area contributed by atoms with E-state index in [2.05, 4.69) is 36.8 Å². The summed E-state index contributed by atoms with van der Waals surface area (Å²) >= 11 is 6.66. The number of imidazole rings is 1. The molecule has 0 aromatic carbocycles. The van der Waals surface area contributed by atoms with Crippen LogP contribution < -0.4 is 5.73 Å². The van der Waals surface area contributed by atoms with Crippen LogP contribution in [-0.2, 0) is 0 Å². The molecule has 0 spiro atoms. The van der Waals surface area contributed by atoms with E-state index < -0.39 is 0 Å². The molecule has 3 heterocycles. The third-order valence-corrected chi connectivity index (χ3v) is 3.32. The van der Waals surface area contributed by atoms with Crippen LogP contribution in [0, 0.1) is 0 Å². The van der Waals surface area contributed by atoms with Crippen molar-refractivity contribution in [1.82, 2.24) is 9.38 Å². The molecule has 0 unspecified atom stereocenters. The van der Waals surface area contributed by atoms with Gasteiger partial charge in [0.25, 0.3) is 0 Å². The number of fused-ring (bicyclic) bond motifs is 1. The van der Waals surface area contributed by atoms with Crippen LogP contribution >= 0.6 is 31.9 Å². The minimum atomic E-state index is 0.558. The Morgan fingerprint density at radius 1 is 1.18 bits per heavy atom. The fourth-order valence-electron chi connectivity index (χ4n) is 1.66. The standard InChI is InChI=1S/C11H7Br2N3O/c12-6-1-4-9-15-10(11(14)16(9)5-6)7-2-3-8(13)17-7/h1-5H,14H2. The van der Waals surface area contributed by atoms with Crippen LogP contribution in [-0.4, -0.2) is 9.38 Å². The molecule has 0 saturated carbocycles. The van der Waals surface area contributed by atoms with Gasteiger partial charge in [0.05, 0.1) is 0 Å². The van der Waals surface area contributed by atoms with Gasteiger partial charge in [0.1, 0.15) is 17.2 Å². The summed E-state index contributed by atoms with van der Waals surface area (Å²) in [5.74, 6) is 1.21. The number of pyridine rings is 1. The van der Waals surface area contributed by atoms with Crippen molar-refractivity contribution in [3.63, 3.8) is 0 Å². The molecule has 2 N–H and O–H groups in total. The summed E-state index contributed by atoms with van der Waals surface area (Å²) in [7, 11) is 0. The summed E-state index contributed by atoms with van der Waals surface area (Å²) < 4.78 is 8.88. The molecule has 86 valence electrons. The van der Waals surface area contributed by atoms with Gasteiger partial charge in [-0.1, -0.05) is 0 Å². The quantitative estimate of drug-likeness (QED) is 0.723. The highest BCUT2D eigenvalue weighted by Gasteiger charge is 2.14. The lowest BCUT2D eigenvalue weighted by Crippen LogP contribution is -1.93. The first kappa shape index (κ1) is 10.9. The zero-order chi connectivity index (χ0) is 12.0. The van der Waals surface area contributed by atoms with Crippen molar-refractivity contribution in [2.75, 3.05) is 5.73 Å². The highest BCUT2D eigenvalue weighted by atomic mass is 79.9. The van der Waals surface area contributed by atoms with Gasteiger partial charge in [-0.15, -0.1) is 0 Å². The number of nitrogens with zero attached hydrogens (tertiary/aromatic N) is 2. The molecule has 0 aliphatic heterocycles. The van der Waals surface area contributed by atoms with Gasteiger partial charge in [0, 0.05) is 10.7 Å². The first-order chi connectivity index (χ1) is 8.15. The topological polar surface area (TPSA) is 56.5 Å². The van der Waals surface area contributed by atoms with Crippen molar-refractivity contribution in [1.29, 1.82) is 0 Å². The lowest BCUT2D eigenvalue weighted by atomic mass is 10.3. The second kappa shape index (κ2) is 3.89. The van der Waals surface area contributed by atoms with Crippen molar-refractivity contribution in [2.45, 2.75) is 0 Å². The fraction of sp³-hybridized carbons (Fsp3) is 0. The average Bonchev–Trinajstić information content (AvgIpc) is 2.84. The van der Waals surface area contributed by atoms with E-state index >= 15 is 0 Å². The molecule has 0 bridgehead atoms. The number of hydrogen-bond acceptors (Lipinski definition) is 3. The lowest BCUT2D eigenvalue weighted by Gasteiger charge is -1.97. The predicted octanol–water partition coefficient (Wildman–Crippen LogP) is 3.70. The van der Waals surface area contributed by atoms with Gasteiger partial charge in [0.2, 0.25) is 0 Å². The number of aromatic nitrogens is 2. The molecule has 0 aliphatic carbocycles. The van der Waals surface area contributed by atoms with Crippen LogP contribution in [0.15, 0.2) is 44.0 Å². The van der Waals surface area contributed by atoms with Crippen LogP contribution in [0.4, 0.5) is 5.82 Å². The van der Waals surface area contributed by atoms with Crippen molar-refractivity contribution < 1.29 is 4.42 Å². The molecule has 0 fully saturated rings. The molecular formula is C11H7Br2N3O. The van der Waals surface area contributed by atoms with E-state index in [1.165, 1.54) is 0 Å². The molecule has 0 atom stereocenters. The Balaban J connectivity index is 2.27. The van der Waals surface area contributed by atoms with E-state index in [9.17, 15) is 0 Å². The Morgan fingerprint density at radius 2 is 2.00 bits per heavy atom. The first-order valence-corrected chi connectivity index (χ1v) is 6.42. The number of anilines is 1. The summed E-state index contributed by atoms with van der Waals surface area (Å²) in [5, 5.41) is 0. The first-order valence-electron chi connectivity index (χ1n) is 4.84. The Hall–Kier alpha value is -1.27. The van der Waals surface area contributed by atoms with E-state index in [-0.39, 0.29) is 0 Å². The van der Waals surface area contributed by atoms with Gasteiger partial charge < -0.3 is 10.2 Å². The zero-order valence-corrected chi connectivity index (χ0v) is 11.7. The van der Waals surface area contributed by atoms with E-state index in [0.29, 0.717) is 21.9 Å². The normalized spacial score (nSPS) is 11.2. The maximum Gasteiger partial charge on any atom is 0.169 e. The SMILES string of the molecule is Nc1c(-c2ccc(Br)o2)nc2ccc(Br)cn12. The zero-order valence-electron chi connectivity index (χ0n) is 8.52. The third kappa shape index (κ3) is 1.77. The predicted molar refractivity (Wildman–Crippen MR) is 72.7 cm³/mol. The molecule has 3 aromatic rings. The number of furan rings is 1. The minimum absolute atomic E-state index is 0.558. The average molecular weight is 357 g/mol. The van der Waals surface area contributed by atoms with Crippen molar-refractivity contribution in [2.24, 2.45) is 0 Å². The Bertz CT molecular complexity index is 702. The van der Waals surface area contributed by atoms with Gasteiger partial charge in [-0.2, -0.15) is 0 Å². The number of rotatable bonds is 1. The molecule has 0 aliphatic rings. The second-order valence-electron chi connectivity index (χ2n) is 3.52. The van der Waals surface area contributed by atoms with Gasteiger partial charge in [-0.3, -0.25) is 4.40 Å². The lowest BCUT2D eigenvalue weighted by molar-refractivity contribution is 0.554. The summed E-state index contributed by atoms with van der Waals surface area (Å²) in [4.78, 5) is 4.44. The van der Waals surface area contributed by atoms with Crippen LogP contribution in [0.3, 0.4) is 0 Å². The van der Waals surface area contributed by atoms with Gasteiger partial charge in [-0.25, -0.2) is 4.98 Å². The second-order valence-corrected chi connectivity index (χ2v) is 5.22. The minimum Gasteiger partial charge on any atom is -0.448 e. The van der Waals surface area contributed by atoms with Crippen molar-refractivity contribution in [3.05, 3.63) is 39.6 Å². The molecule has 0 amide bonds.